The van der Waals surface area contributed by atoms with Gasteiger partial charge in [-0.2, -0.15) is 5.10 Å². The van der Waals surface area contributed by atoms with E-state index in [1.165, 1.54) is 0 Å². The molecule has 2 N–H and O–H groups in total. The number of rotatable bonds is 7. The Kier molecular flexibility index (Phi) is 5.93. The minimum atomic E-state index is -0.481. The maximum atomic E-state index is 12.3. The summed E-state index contributed by atoms with van der Waals surface area (Å²) in [4.78, 5) is 16.0. The summed E-state index contributed by atoms with van der Waals surface area (Å²) in [5.41, 5.74) is 1.95. The van der Waals surface area contributed by atoms with Crippen LogP contribution in [0.5, 0.6) is 0 Å². The normalized spacial score (nSPS) is 21.8. The Bertz CT molecular complexity index is 491. The summed E-state index contributed by atoms with van der Waals surface area (Å²) in [6.45, 7) is 4.62. The molecule has 1 aliphatic heterocycles. The van der Waals surface area contributed by atoms with Gasteiger partial charge in [0.15, 0.2) is 0 Å². The summed E-state index contributed by atoms with van der Waals surface area (Å²) < 4.78 is 5.01. The van der Waals surface area contributed by atoms with E-state index in [0.29, 0.717) is 39.2 Å². The third-order valence-corrected chi connectivity index (χ3v) is 4.07. The molecule has 1 aliphatic rings. The quantitative estimate of drug-likeness (QED) is 0.720. The van der Waals surface area contributed by atoms with Crippen molar-refractivity contribution in [3.63, 3.8) is 0 Å². The number of ether oxygens (including phenoxy) is 1. The molecule has 2 heterocycles. The number of carbonyl (C=O) groups is 1. The monoisotopic (exact) mass is 310 g/mol. The number of amides is 1. The highest BCUT2D eigenvalue weighted by Gasteiger charge is 2.34. The Balaban J connectivity index is 1.83. The summed E-state index contributed by atoms with van der Waals surface area (Å²) in [6.07, 6.45) is 0.208. The number of β-amino-alcohol motifs (C(OH)–C–C–N with tert-alkyl or cyclic N) is 1. The van der Waals surface area contributed by atoms with Gasteiger partial charge in [0.1, 0.15) is 0 Å². The van der Waals surface area contributed by atoms with E-state index in [4.69, 9.17) is 4.74 Å². The van der Waals surface area contributed by atoms with Crippen LogP contribution in [0.4, 0.5) is 0 Å². The molecule has 2 rings (SSSR count). The van der Waals surface area contributed by atoms with Crippen LogP contribution in [0.25, 0.3) is 0 Å². The van der Waals surface area contributed by atoms with Gasteiger partial charge in [-0.25, -0.2) is 0 Å². The number of hydrogen-bond donors (Lipinski definition) is 2. The zero-order chi connectivity index (χ0) is 16.1. The summed E-state index contributed by atoms with van der Waals surface area (Å²) in [7, 11) is 3.54. The molecular formula is C15H26N4O3. The van der Waals surface area contributed by atoms with Crippen molar-refractivity contribution in [2.45, 2.75) is 19.4 Å². The zero-order valence-electron chi connectivity index (χ0n) is 13.6. The van der Waals surface area contributed by atoms with Crippen molar-refractivity contribution in [3.05, 3.63) is 17.5 Å². The predicted octanol–water partition coefficient (Wildman–Crippen LogP) is -0.342. The number of hydrogen-bond acceptors (Lipinski definition) is 5. The lowest BCUT2D eigenvalue weighted by molar-refractivity contribution is -0.131. The van der Waals surface area contributed by atoms with E-state index in [-0.39, 0.29) is 11.8 Å². The van der Waals surface area contributed by atoms with Gasteiger partial charge in [-0.1, -0.05) is 0 Å². The molecule has 2 atom stereocenters. The van der Waals surface area contributed by atoms with Gasteiger partial charge in [-0.3, -0.25) is 14.8 Å². The molecule has 7 heteroatoms. The fraction of sp³-hybridized carbons (Fsp3) is 0.733. The van der Waals surface area contributed by atoms with Crippen molar-refractivity contribution in [1.82, 2.24) is 20.0 Å². The Hall–Kier alpha value is -1.44. The van der Waals surface area contributed by atoms with Crippen molar-refractivity contribution in [2.24, 2.45) is 5.92 Å². The van der Waals surface area contributed by atoms with Crippen molar-refractivity contribution in [2.75, 3.05) is 46.9 Å². The molecule has 0 spiro atoms. The average Bonchev–Trinajstić information content (AvgIpc) is 3.04. The molecule has 0 aromatic carbocycles. The van der Waals surface area contributed by atoms with E-state index < -0.39 is 6.10 Å². The molecule has 22 heavy (non-hydrogen) atoms. The van der Waals surface area contributed by atoms with Gasteiger partial charge >= 0.3 is 0 Å². The van der Waals surface area contributed by atoms with Crippen LogP contribution in [0.1, 0.15) is 11.4 Å². The number of H-pyrrole nitrogens is 1. The van der Waals surface area contributed by atoms with E-state index in [2.05, 4.69) is 10.2 Å². The molecule has 0 saturated carbocycles. The van der Waals surface area contributed by atoms with Crippen LogP contribution in [0.3, 0.4) is 0 Å². The number of aromatic nitrogens is 2. The maximum Gasteiger partial charge on any atom is 0.236 e. The Morgan fingerprint density at radius 2 is 2.36 bits per heavy atom. The molecule has 124 valence electrons. The van der Waals surface area contributed by atoms with Gasteiger partial charge in [0, 0.05) is 38.4 Å². The summed E-state index contributed by atoms with van der Waals surface area (Å²) in [5, 5.41) is 17.3. The van der Waals surface area contributed by atoms with Crippen molar-refractivity contribution >= 4 is 5.91 Å². The Morgan fingerprint density at radius 3 is 3.00 bits per heavy atom. The first kappa shape index (κ1) is 16.9. The molecule has 0 radical (unpaired) electrons. The molecule has 0 bridgehead atoms. The van der Waals surface area contributed by atoms with E-state index in [1.807, 2.05) is 24.9 Å². The van der Waals surface area contributed by atoms with Gasteiger partial charge in [0.2, 0.25) is 5.91 Å². The van der Waals surface area contributed by atoms with Gasteiger partial charge in [-0.05, 0) is 26.5 Å². The van der Waals surface area contributed by atoms with E-state index in [9.17, 15) is 9.90 Å². The number of aromatic amines is 1. The first-order chi connectivity index (χ1) is 10.5. The van der Waals surface area contributed by atoms with Crippen molar-refractivity contribution in [1.29, 1.82) is 0 Å². The summed E-state index contributed by atoms with van der Waals surface area (Å²) in [5.74, 6) is 0.106. The molecule has 1 amide bonds. The first-order valence-electron chi connectivity index (χ1n) is 7.63. The summed E-state index contributed by atoms with van der Waals surface area (Å²) in [6, 6.07) is 1.98. The van der Waals surface area contributed by atoms with E-state index >= 15 is 0 Å². The fourth-order valence-corrected chi connectivity index (χ4v) is 2.76. The Labute approximate surface area is 131 Å². The number of methoxy groups -OCH3 is 1. The minimum absolute atomic E-state index is 0.0518. The van der Waals surface area contributed by atoms with Gasteiger partial charge in [0.05, 0.1) is 24.9 Å². The number of nitrogens with zero attached hydrogens (tertiary/aromatic N) is 3. The van der Waals surface area contributed by atoms with Crippen LogP contribution < -0.4 is 0 Å². The second-order valence-corrected chi connectivity index (χ2v) is 6.10. The largest absolute Gasteiger partial charge is 0.391 e. The SMILES string of the molecule is COCCN(C)CC(=O)N1C[C@@H](Cc2cc(C)[nH]n2)[C@@H](O)C1. The second kappa shape index (κ2) is 7.71. The van der Waals surface area contributed by atoms with Crippen molar-refractivity contribution in [3.8, 4) is 0 Å². The number of nitrogens with one attached hydrogen (secondary N) is 1. The standard InChI is InChI=1S/C15H26N4O3/c1-11-6-13(17-16-11)7-12-8-19(9-14(12)20)15(21)10-18(2)4-5-22-3/h6,12,14,20H,4-5,7-10H2,1-3H3,(H,16,17)/t12-,14+/m1/s1. The number of likely N-dealkylation sites (N-methyl/N-ethyl adjacent to an activating group) is 1. The average molecular weight is 310 g/mol. The van der Waals surface area contributed by atoms with Crippen LogP contribution in [0, 0.1) is 12.8 Å². The number of carbonyl (C=O) groups excluding carboxylic acids is 1. The number of likely N-dealkylation sites (tertiary alicyclic amines) is 1. The number of aliphatic hydroxyl groups excluding tert-OH is 1. The molecule has 1 aromatic heterocycles. The molecule has 0 unspecified atom stereocenters. The lowest BCUT2D eigenvalue weighted by Crippen LogP contribution is -2.39. The third-order valence-electron chi connectivity index (χ3n) is 4.07. The van der Waals surface area contributed by atoms with Crippen LogP contribution in [0.15, 0.2) is 6.07 Å². The van der Waals surface area contributed by atoms with Crippen LogP contribution >= 0.6 is 0 Å². The minimum Gasteiger partial charge on any atom is -0.391 e. The molecule has 1 fully saturated rings. The third kappa shape index (κ3) is 4.53. The van der Waals surface area contributed by atoms with Gasteiger partial charge in [-0.15, -0.1) is 0 Å². The lowest BCUT2D eigenvalue weighted by Gasteiger charge is -2.21. The molecule has 1 saturated heterocycles. The van der Waals surface area contributed by atoms with Crippen LogP contribution in [-0.4, -0.2) is 84.1 Å². The molecule has 0 aliphatic carbocycles. The van der Waals surface area contributed by atoms with E-state index in [0.717, 1.165) is 11.4 Å². The fourth-order valence-electron chi connectivity index (χ4n) is 2.76. The van der Waals surface area contributed by atoms with E-state index in [1.54, 1.807) is 12.0 Å². The zero-order valence-corrected chi connectivity index (χ0v) is 13.6. The van der Waals surface area contributed by atoms with Crippen molar-refractivity contribution < 1.29 is 14.6 Å². The highest BCUT2D eigenvalue weighted by atomic mass is 16.5. The predicted molar refractivity (Wildman–Crippen MR) is 82.5 cm³/mol. The maximum absolute atomic E-state index is 12.3. The van der Waals surface area contributed by atoms with Crippen LogP contribution in [-0.2, 0) is 16.0 Å². The molecule has 1 aromatic rings. The smallest absolute Gasteiger partial charge is 0.236 e. The highest BCUT2D eigenvalue weighted by Crippen LogP contribution is 2.21. The molecule has 7 nitrogen and oxygen atoms in total. The lowest BCUT2D eigenvalue weighted by atomic mass is 10.0. The highest BCUT2D eigenvalue weighted by molar-refractivity contribution is 5.78. The molecular weight excluding hydrogens is 284 g/mol. The Morgan fingerprint density at radius 1 is 1.59 bits per heavy atom. The number of aliphatic hydroxyl groups is 1. The second-order valence-electron chi connectivity index (χ2n) is 6.10. The van der Waals surface area contributed by atoms with Gasteiger partial charge in [0.25, 0.3) is 0 Å². The first-order valence-corrected chi connectivity index (χ1v) is 7.63. The van der Waals surface area contributed by atoms with Gasteiger partial charge < -0.3 is 14.7 Å². The number of aryl methyl sites for hydroxylation is 1. The van der Waals surface area contributed by atoms with Crippen LogP contribution in [0.2, 0.25) is 0 Å². The summed E-state index contributed by atoms with van der Waals surface area (Å²) >= 11 is 0. The topological polar surface area (TPSA) is 81.7 Å².